The van der Waals surface area contributed by atoms with Gasteiger partial charge < -0.3 is 19.9 Å². The first-order chi connectivity index (χ1) is 9.74. The van der Waals surface area contributed by atoms with Crippen molar-refractivity contribution in [3.05, 3.63) is 23.8 Å². The molecule has 1 fully saturated rings. The van der Waals surface area contributed by atoms with Crippen molar-refractivity contribution in [3.63, 3.8) is 0 Å². The van der Waals surface area contributed by atoms with Gasteiger partial charge in [0.15, 0.2) is 0 Å². The fourth-order valence-corrected chi connectivity index (χ4v) is 2.88. The molecular weight excluding hydrogens is 254 g/mol. The standard InChI is InChI=1S/C16H25NO3/c1-19-14-7-8-16(20-2)13(9-14)10-17-11-15(18)12-5-3-4-6-12/h7-9,12,15,17-18H,3-6,10-11H2,1-2H3. The van der Waals surface area contributed by atoms with E-state index in [0.29, 0.717) is 19.0 Å². The molecule has 1 unspecified atom stereocenters. The highest BCUT2D eigenvalue weighted by molar-refractivity contribution is 5.40. The molecule has 1 aliphatic rings. The van der Waals surface area contributed by atoms with E-state index < -0.39 is 0 Å². The predicted octanol–water partition coefficient (Wildman–Crippen LogP) is 2.34. The summed E-state index contributed by atoms with van der Waals surface area (Å²) in [6.45, 7) is 1.30. The van der Waals surface area contributed by atoms with Crippen LogP contribution < -0.4 is 14.8 Å². The van der Waals surface area contributed by atoms with Crippen molar-refractivity contribution in [3.8, 4) is 11.5 Å². The minimum atomic E-state index is -0.242. The van der Waals surface area contributed by atoms with Gasteiger partial charge in [0.1, 0.15) is 11.5 Å². The maximum absolute atomic E-state index is 10.1. The topological polar surface area (TPSA) is 50.7 Å². The Balaban J connectivity index is 1.86. The third-order valence-electron chi connectivity index (χ3n) is 4.10. The van der Waals surface area contributed by atoms with Crippen LogP contribution in [0.5, 0.6) is 11.5 Å². The van der Waals surface area contributed by atoms with Gasteiger partial charge in [-0.3, -0.25) is 0 Å². The van der Waals surface area contributed by atoms with Crippen LogP contribution in [0.2, 0.25) is 0 Å². The predicted molar refractivity (Wildman–Crippen MR) is 79.2 cm³/mol. The third kappa shape index (κ3) is 3.87. The van der Waals surface area contributed by atoms with Crippen molar-refractivity contribution >= 4 is 0 Å². The molecule has 0 aromatic heterocycles. The Labute approximate surface area is 121 Å². The first-order valence-electron chi connectivity index (χ1n) is 7.34. The van der Waals surface area contributed by atoms with Crippen molar-refractivity contribution < 1.29 is 14.6 Å². The maximum atomic E-state index is 10.1. The quantitative estimate of drug-likeness (QED) is 0.804. The molecular formula is C16H25NO3. The number of aliphatic hydroxyl groups is 1. The van der Waals surface area contributed by atoms with Crippen LogP contribution in [0.1, 0.15) is 31.2 Å². The summed E-state index contributed by atoms with van der Waals surface area (Å²) in [4.78, 5) is 0. The van der Waals surface area contributed by atoms with Gasteiger partial charge in [-0.15, -0.1) is 0 Å². The normalized spacial score (nSPS) is 17.1. The summed E-state index contributed by atoms with van der Waals surface area (Å²) < 4.78 is 10.6. The molecule has 20 heavy (non-hydrogen) atoms. The van der Waals surface area contributed by atoms with Crippen LogP contribution in [0.4, 0.5) is 0 Å². The van der Waals surface area contributed by atoms with E-state index in [0.717, 1.165) is 29.9 Å². The summed E-state index contributed by atoms with van der Waals surface area (Å²) in [7, 11) is 3.32. The molecule has 1 saturated carbocycles. The molecule has 2 rings (SSSR count). The molecule has 1 atom stereocenters. The van der Waals surface area contributed by atoms with Crippen LogP contribution in [-0.2, 0) is 6.54 Å². The minimum absolute atomic E-state index is 0.242. The number of aliphatic hydroxyl groups excluding tert-OH is 1. The molecule has 1 aliphatic carbocycles. The van der Waals surface area contributed by atoms with Gasteiger partial charge in [0, 0.05) is 18.7 Å². The summed E-state index contributed by atoms with van der Waals surface area (Å²) in [6, 6.07) is 5.76. The molecule has 0 amide bonds. The van der Waals surface area contributed by atoms with Crippen molar-refractivity contribution in [2.45, 2.75) is 38.3 Å². The molecule has 4 nitrogen and oxygen atoms in total. The summed E-state index contributed by atoms with van der Waals surface area (Å²) in [5.41, 5.74) is 1.05. The Morgan fingerprint density at radius 1 is 1.25 bits per heavy atom. The average molecular weight is 279 g/mol. The Bertz CT molecular complexity index is 416. The number of methoxy groups -OCH3 is 2. The fraction of sp³-hybridized carbons (Fsp3) is 0.625. The van der Waals surface area contributed by atoms with Gasteiger partial charge >= 0.3 is 0 Å². The second-order valence-corrected chi connectivity index (χ2v) is 5.42. The van der Waals surface area contributed by atoms with E-state index in [-0.39, 0.29) is 6.10 Å². The van der Waals surface area contributed by atoms with E-state index in [9.17, 15) is 5.11 Å². The molecule has 112 valence electrons. The Morgan fingerprint density at radius 2 is 2.00 bits per heavy atom. The second-order valence-electron chi connectivity index (χ2n) is 5.42. The minimum Gasteiger partial charge on any atom is -0.497 e. The number of rotatable bonds is 7. The van der Waals surface area contributed by atoms with E-state index in [4.69, 9.17) is 9.47 Å². The summed E-state index contributed by atoms with van der Waals surface area (Å²) in [6.07, 6.45) is 4.59. The maximum Gasteiger partial charge on any atom is 0.123 e. The molecule has 0 heterocycles. The zero-order chi connectivity index (χ0) is 14.4. The summed E-state index contributed by atoms with van der Waals surface area (Å²) in [5.74, 6) is 2.13. The van der Waals surface area contributed by atoms with Crippen molar-refractivity contribution in [2.75, 3.05) is 20.8 Å². The lowest BCUT2D eigenvalue weighted by Crippen LogP contribution is -2.31. The molecule has 0 bridgehead atoms. The van der Waals surface area contributed by atoms with Gasteiger partial charge in [0.25, 0.3) is 0 Å². The van der Waals surface area contributed by atoms with E-state index in [1.165, 1.54) is 12.8 Å². The van der Waals surface area contributed by atoms with E-state index in [1.54, 1.807) is 14.2 Å². The van der Waals surface area contributed by atoms with Gasteiger partial charge in [-0.25, -0.2) is 0 Å². The van der Waals surface area contributed by atoms with Crippen LogP contribution in [0.3, 0.4) is 0 Å². The molecule has 0 radical (unpaired) electrons. The lowest BCUT2D eigenvalue weighted by molar-refractivity contribution is 0.109. The molecule has 1 aromatic rings. The number of hydrogen-bond acceptors (Lipinski definition) is 4. The SMILES string of the molecule is COc1ccc(OC)c(CNCC(O)C2CCCC2)c1. The van der Waals surface area contributed by atoms with Crippen LogP contribution in [0, 0.1) is 5.92 Å². The van der Waals surface area contributed by atoms with Crippen LogP contribution in [-0.4, -0.2) is 32.0 Å². The largest absolute Gasteiger partial charge is 0.497 e. The zero-order valence-electron chi connectivity index (χ0n) is 12.4. The Morgan fingerprint density at radius 3 is 2.65 bits per heavy atom. The first-order valence-corrected chi connectivity index (χ1v) is 7.34. The van der Waals surface area contributed by atoms with E-state index in [2.05, 4.69) is 5.32 Å². The highest BCUT2D eigenvalue weighted by Crippen LogP contribution is 2.27. The summed E-state index contributed by atoms with van der Waals surface area (Å²) >= 11 is 0. The Hall–Kier alpha value is -1.26. The highest BCUT2D eigenvalue weighted by Gasteiger charge is 2.22. The molecule has 0 spiro atoms. The van der Waals surface area contributed by atoms with Crippen molar-refractivity contribution in [2.24, 2.45) is 5.92 Å². The van der Waals surface area contributed by atoms with Gasteiger partial charge in [0.2, 0.25) is 0 Å². The van der Waals surface area contributed by atoms with Gasteiger partial charge in [-0.2, -0.15) is 0 Å². The van der Waals surface area contributed by atoms with Gasteiger partial charge in [-0.1, -0.05) is 12.8 Å². The first kappa shape index (κ1) is 15.1. The second kappa shape index (κ2) is 7.50. The average Bonchev–Trinajstić information content (AvgIpc) is 3.01. The molecule has 0 saturated heterocycles. The van der Waals surface area contributed by atoms with Crippen LogP contribution in [0.15, 0.2) is 18.2 Å². The smallest absolute Gasteiger partial charge is 0.123 e. The lowest BCUT2D eigenvalue weighted by Gasteiger charge is -2.18. The number of nitrogens with one attached hydrogen (secondary N) is 1. The monoisotopic (exact) mass is 279 g/mol. The Kier molecular flexibility index (Phi) is 5.68. The third-order valence-corrected chi connectivity index (χ3v) is 4.10. The highest BCUT2D eigenvalue weighted by atomic mass is 16.5. The molecule has 4 heteroatoms. The van der Waals surface area contributed by atoms with Gasteiger partial charge in [-0.05, 0) is 37.0 Å². The molecule has 1 aromatic carbocycles. The van der Waals surface area contributed by atoms with Crippen molar-refractivity contribution in [1.29, 1.82) is 0 Å². The van der Waals surface area contributed by atoms with Gasteiger partial charge in [0.05, 0.1) is 20.3 Å². The lowest BCUT2D eigenvalue weighted by atomic mass is 10.0. The van der Waals surface area contributed by atoms with Crippen molar-refractivity contribution in [1.82, 2.24) is 5.32 Å². The molecule has 0 aliphatic heterocycles. The number of hydrogen-bond donors (Lipinski definition) is 2. The zero-order valence-corrected chi connectivity index (χ0v) is 12.4. The van der Waals surface area contributed by atoms with Crippen LogP contribution in [0.25, 0.3) is 0 Å². The van der Waals surface area contributed by atoms with Crippen LogP contribution >= 0.6 is 0 Å². The fourth-order valence-electron chi connectivity index (χ4n) is 2.88. The summed E-state index contributed by atoms with van der Waals surface area (Å²) in [5, 5.41) is 13.5. The number of ether oxygens (including phenoxy) is 2. The van der Waals surface area contributed by atoms with E-state index >= 15 is 0 Å². The number of benzene rings is 1. The van der Waals surface area contributed by atoms with E-state index in [1.807, 2.05) is 18.2 Å². The molecule has 2 N–H and O–H groups in total.